The van der Waals surface area contributed by atoms with Gasteiger partial charge >= 0.3 is 7.12 Å². The van der Waals surface area contributed by atoms with Crippen LogP contribution in [0.25, 0.3) is 6.08 Å². The lowest BCUT2D eigenvalue weighted by Crippen LogP contribution is -2.41. The first-order chi connectivity index (χ1) is 11.0. The maximum atomic E-state index is 11.3. The second-order valence-corrected chi connectivity index (χ2v) is 7.40. The fourth-order valence-electron chi connectivity index (χ4n) is 2.32. The van der Waals surface area contributed by atoms with Crippen LogP contribution < -0.4 is 5.32 Å². The summed E-state index contributed by atoms with van der Waals surface area (Å²) < 4.78 is 12.1. The summed E-state index contributed by atoms with van der Waals surface area (Å²) in [6.07, 6.45) is 1.81. The van der Waals surface area contributed by atoms with Gasteiger partial charge in [0.15, 0.2) is 0 Å². The highest BCUT2D eigenvalue weighted by Gasteiger charge is 2.52. The van der Waals surface area contributed by atoms with Gasteiger partial charge in [0, 0.05) is 18.5 Å². The van der Waals surface area contributed by atoms with Crippen LogP contribution in [0.15, 0.2) is 23.7 Å². The van der Waals surface area contributed by atoms with Gasteiger partial charge in [0.1, 0.15) is 5.75 Å². The number of aromatic hydroxyl groups is 1. The van der Waals surface area contributed by atoms with Gasteiger partial charge in [-0.05, 0) is 56.9 Å². The van der Waals surface area contributed by atoms with Crippen molar-refractivity contribution in [2.75, 3.05) is 6.54 Å². The van der Waals surface area contributed by atoms with Crippen LogP contribution in [0.1, 0.15) is 40.2 Å². The fraction of sp³-hybridized carbons (Fsp3) is 0.471. The van der Waals surface area contributed by atoms with E-state index in [1.807, 2.05) is 33.8 Å². The Balaban J connectivity index is 2.35. The maximum Gasteiger partial charge on any atom is 0.492 e. The number of nitrogens with one attached hydrogen (secondary N) is 1. The number of amides is 1. The molecule has 130 valence electrons. The molecule has 7 heteroatoms. The minimum absolute atomic E-state index is 0.0709. The van der Waals surface area contributed by atoms with E-state index in [-0.39, 0.29) is 18.2 Å². The lowest BCUT2D eigenvalue weighted by atomic mass is 9.77. The van der Waals surface area contributed by atoms with Gasteiger partial charge in [0.2, 0.25) is 5.91 Å². The van der Waals surface area contributed by atoms with Crippen molar-refractivity contribution in [1.82, 2.24) is 5.32 Å². The average molecular weight is 352 g/mol. The van der Waals surface area contributed by atoms with Gasteiger partial charge in [-0.15, -0.1) is 0 Å². The molecule has 0 aliphatic carbocycles. The van der Waals surface area contributed by atoms with Crippen molar-refractivity contribution in [3.63, 3.8) is 0 Å². The molecule has 1 aromatic carbocycles. The monoisotopic (exact) mass is 351 g/mol. The van der Waals surface area contributed by atoms with Crippen molar-refractivity contribution in [3.8, 4) is 5.75 Å². The van der Waals surface area contributed by atoms with E-state index in [0.29, 0.717) is 10.6 Å². The topological polar surface area (TPSA) is 67.8 Å². The summed E-state index contributed by atoms with van der Waals surface area (Å²) in [6.45, 7) is 9.59. The molecule has 1 aliphatic heterocycles. The van der Waals surface area contributed by atoms with Crippen LogP contribution in [0.3, 0.4) is 0 Å². The van der Waals surface area contributed by atoms with Crippen molar-refractivity contribution in [1.29, 1.82) is 0 Å². The minimum Gasteiger partial charge on any atom is -0.508 e. The largest absolute Gasteiger partial charge is 0.508 e. The number of carbonyl (C=O) groups excluding carboxylic acids is 1. The molecule has 0 radical (unpaired) electrons. The van der Waals surface area contributed by atoms with Crippen LogP contribution in [0.4, 0.5) is 0 Å². The van der Waals surface area contributed by atoms with Gasteiger partial charge in [-0.1, -0.05) is 17.7 Å². The molecule has 1 heterocycles. The lowest BCUT2D eigenvalue weighted by molar-refractivity contribution is -0.118. The summed E-state index contributed by atoms with van der Waals surface area (Å²) in [4.78, 5) is 11.3. The van der Waals surface area contributed by atoms with Crippen LogP contribution in [-0.4, -0.2) is 35.9 Å². The molecule has 0 unspecified atom stereocenters. The van der Waals surface area contributed by atoms with E-state index in [0.717, 1.165) is 5.47 Å². The normalized spacial score (nSPS) is 19.4. The highest BCUT2D eigenvalue weighted by atomic mass is 35.5. The van der Waals surface area contributed by atoms with Gasteiger partial charge < -0.3 is 19.7 Å². The van der Waals surface area contributed by atoms with E-state index in [1.54, 1.807) is 12.1 Å². The molecule has 2 rings (SSSR count). The quantitative estimate of drug-likeness (QED) is 0.818. The van der Waals surface area contributed by atoms with Crippen LogP contribution in [0.2, 0.25) is 5.02 Å². The first-order valence-corrected chi connectivity index (χ1v) is 8.18. The number of phenols is 1. The van der Waals surface area contributed by atoms with Crippen LogP contribution in [0, 0.1) is 0 Å². The van der Waals surface area contributed by atoms with Crippen molar-refractivity contribution in [2.24, 2.45) is 0 Å². The van der Waals surface area contributed by atoms with Crippen LogP contribution >= 0.6 is 11.6 Å². The Bertz CT molecular complexity index is 636. The summed E-state index contributed by atoms with van der Waals surface area (Å²) in [6, 6.07) is 4.77. The Morgan fingerprint density at radius 1 is 1.25 bits per heavy atom. The number of rotatable bonds is 4. The minimum atomic E-state index is -0.594. The van der Waals surface area contributed by atoms with Crippen molar-refractivity contribution in [2.45, 2.75) is 45.8 Å². The van der Waals surface area contributed by atoms with Gasteiger partial charge in [-0.2, -0.15) is 0 Å². The fourth-order valence-corrected chi connectivity index (χ4v) is 2.55. The number of halogens is 1. The molecular weight excluding hydrogens is 328 g/mol. The van der Waals surface area contributed by atoms with Gasteiger partial charge in [-0.3, -0.25) is 4.79 Å². The third-order valence-electron chi connectivity index (χ3n) is 4.35. The molecule has 1 aromatic rings. The van der Waals surface area contributed by atoms with Gasteiger partial charge in [0.05, 0.1) is 11.2 Å². The molecule has 24 heavy (non-hydrogen) atoms. The zero-order valence-electron chi connectivity index (χ0n) is 14.6. The molecule has 5 nitrogen and oxygen atoms in total. The molecule has 0 aromatic heterocycles. The highest BCUT2D eigenvalue weighted by Crippen LogP contribution is 2.38. The van der Waals surface area contributed by atoms with Crippen molar-refractivity contribution >= 4 is 30.7 Å². The Labute approximate surface area is 148 Å². The molecule has 1 fully saturated rings. The maximum absolute atomic E-state index is 11.3. The summed E-state index contributed by atoms with van der Waals surface area (Å²) in [5, 5.41) is 12.9. The summed E-state index contributed by atoms with van der Waals surface area (Å²) >= 11 is 5.99. The van der Waals surface area contributed by atoms with Crippen LogP contribution in [-0.2, 0) is 14.1 Å². The van der Waals surface area contributed by atoms with E-state index >= 15 is 0 Å². The average Bonchev–Trinajstić information content (AvgIpc) is 2.62. The number of hydrogen-bond acceptors (Lipinski definition) is 4. The van der Waals surface area contributed by atoms with Gasteiger partial charge in [0.25, 0.3) is 0 Å². The molecule has 1 aliphatic rings. The van der Waals surface area contributed by atoms with Crippen molar-refractivity contribution in [3.05, 3.63) is 34.3 Å². The highest BCUT2D eigenvalue weighted by molar-refractivity contribution is 6.56. The van der Waals surface area contributed by atoms with Crippen molar-refractivity contribution < 1.29 is 19.2 Å². The SMILES string of the molecule is CC(=O)NCC(=Cc1cc(O)cc(Cl)c1)B1OC(C)(C)C(C)(C)O1. The molecule has 0 saturated carbocycles. The first kappa shape index (κ1) is 18.8. The van der Waals surface area contributed by atoms with E-state index < -0.39 is 18.3 Å². The lowest BCUT2D eigenvalue weighted by Gasteiger charge is -2.32. The Morgan fingerprint density at radius 2 is 1.83 bits per heavy atom. The molecular formula is C17H23BClNO4. The third-order valence-corrected chi connectivity index (χ3v) is 4.57. The van der Waals surface area contributed by atoms with Crippen LogP contribution in [0.5, 0.6) is 5.75 Å². The Kier molecular flexibility index (Phi) is 5.33. The predicted octanol–water partition coefficient (Wildman–Crippen LogP) is 3.20. The third kappa shape index (κ3) is 4.32. The second-order valence-electron chi connectivity index (χ2n) is 6.96. The molecule has 1 amide bonds. The van der Waals surface area contributed by atoms with Gasteiger partial charge in [-0.25, -0.2) is 0 Å². The zero-order chi connectivity index (χ0) is 18.1. The molecule has 0 atom stereocenters. The molecule has 2 N–H and O–H groups in total. The number of benzene rings is 1. The Hall–Kier alpha value is -1.50. The molecule has 0 bridgehead atoms. The predicted molar refractivity (Wildman–Crippen MR) is 95.9 cm³/mol. The Morgan fingerprint density at radius 3 is 2.33 bits per heavy atom. The second kappa shape index (κ2) is 6.79. The first-order valence-electron chi connectivity index (χ1n) is 7.80. The van der Waals surface area contributed by atoms with E-state index in [2.05, 4.69) is 5.32 Å². The van der Waals surface area contributed by atoms with E-state index in [1.165, 1.54) is 13.0 Å². The molecule has 1 saturated heterocycles. The zero-order valence-corrected chi connectivity index (χ0v) is 15.4. The summed E-state index contributed by atoms with van der Waals surface area (Å²) in [7, 11) is -0.594. The number of hydrogen-bond donors (Lipinski definition) is 2. The molecule has 0 spiro atoms. The summed E-state index contributed by atoms with van der Waals surface area (Å²) in [5.74, 6) is -0.0760. The standard InChI is InChI=1S/C17H23BClNO4/c1-11(21)20-10-13(6-12-7-14(19)9-15(22)8-12)18-23-16(2,3)17(4,5)24-18/h6-9,22H,10H2,1-5H3,(H,20,21). The summed E-state index contributed by atoms with van der Waals surface area (Å²) in [5.41, 5.74) is 0.480. The smallest absolute Gasteiger partial charge is 0.492 e. The van der Waals surface area contributed by atoms with E-state index in [4.69, 9.17) is 20.9 Å². The van der Waals surface area contributed by atoms with E-state index in [9.17, 15) is 9.90 Å². The number of phenolic OH excluding ortho intramolecular Hbond substituents is 1. The number of carbonyl (C=O) groups is 1.